The smallest absolute Gasteiger partial charge is 0.224 e. The van der Waals surface area contributed by atoms with Crippen molar-refractivity contribution in [1.82, 2.24) is 10.6 Å². The van der Waals surface area contributed by atoms with Crippen molar-refractivity contribution in [3.63, 3.8) is 0 Å². The van der Waals surface area contributed by atoms with Crippen molar-refractivity contribution in [2.75, 3.05) is 32.8 Å². The average molecular weight is 306 g/mol. The van der Waals surface area contributed by atoms with E-state index < -0.39 is 0 Å². The molecule has 1 aromatic carbocycles. The Morgan fingerprint density at radius 3 is 2.73 bits per heavy atom. The maximum absolute atomic E-state index is 11.9. The highest BCUT2D eigenvalue weighted by Crippen LogP contribution is 2.28. The van der Waals surface area contributed by atoms with Crippen molar-refractivity contribution in [3.8, 4) is 11.5 Å². The molecule has 0 saturated carbocycles. The van der Waals surface area contributed by atoms with E-state index in [1.54, 1.807) is 0 Å². The largest absolute Gasteiger partial charge is 0.490 e. The third-order valence-corrected chi connectivity index (χ3v) is 3.75. The molecule has 0 aromatic heterocycles. The predicted octanol–water partition coefficient (Wildman–Crippen LogP) is 1.75. The lowest BCUT2D eigenvalue weighted by atomic mass is 10.1. The van der Waals surface area contributed by atoms with Gasteiger partial charge in [-0.3, -0.25) is 4.79 Å². The highest BCUT2D eigenvalue weighted by Gasteiger charge is 2.21. The van der Waals surface area contributed by atoms with E-state index in [4.69, 9.17) is 9.47 Å². The third-order valence-electron chi connectivity index (χ3n) is 3.75. The Kier molecular flexibility index (Phi) is 6.52. The summed E-state index contributed by atoms with van der Waals surface area (Å²) in [7, 11) is 0. The van der Waals surface area contributed by atoms with E-state index in [1.807, 2.05) is 32.0 Å². The zero-order valence-electron chi connectivity index (χ0n) is 13.5. The zero-order valence-corrected chi connectivity index (χ0v) is 13.5. The molecule has 1 unspecified atom stereocenters. The Morgan fingerprint density at radius 2 is 2.05 bits per heavy atom. The van der Waals surface area contributed by atoms with Crippen LogP contribution in [0.4, 0.5) is 0 Å². The maximum atomic E-state index is 11.9. The monoisotopic (exact) mass is 306 g/mol. The molecular formula is C17H26N2O3. The molecule has 0 aliphatic carbocycles. The molecule has 0 bridgehead atoms. The molecule has 22 heavy (non-hydrogen) atoms. The number of amides is 1. The normalized spacial score (nSPS) is 17.3. The lowest BCUT2D eigenvalue weighted by Gasteiger charge is -2.13. The van der Waals surface area contributed by atoms with Gasteiger partial charge in [0.05, 0.1) is 19.1 Å². The lowest BCUT2D eigenvalue weighted by Crippen LogP contribution is -2.33. The van der Waals surface area contributed by atoms with Crippen LogP contribution in [0.15, 0.2) is 18.2 Å². The van der Waals surface area contributed by atoms with Crippen molar-refractivity contribution in [2.45, 2.75) is 26.7 Å². The van der Waals surface area contributed by atoms with Gasteiger partial charge in [-0.15, -0.1) is 0 Å². The first-order chi connectivity index (χ1) is 10.7. The molecule has 1 amide bonds. The molecule has 2 rings (SSSR count). The zero-order chi connectivity index (χ0) is 15.8. The van der Waals surface area contributed by atoms with Crippen LogP contribution in [-0.4, -0.2) is 38.8 Å². The van der Waals surface area contributed by atoms with Crippen LogP contribution in [-0.2, 0) is 11.2 Å². The summed E-state index contributed by atoms with van der Waals surface area (Å²) in [6.45, 7) is 7.52. The van der Waals surface area contributed by atoms with Gasteiger partial charge >= 0.3 is 0 Å². The fourth-order valence-electron chi connectivity index (χ4n) is 2.60. The SMILES string of the molecule is CCOc1ccc(CCNC(=O)C2CCNC2)cc1OCC. The van der Waals surface area contributed by atoms with Crippen molar-refractivity contribution in [3.05, 3.63) is 23.8 Å². The van der Waals surface area contributed by atoms with Crippen molar-refractivity contribution in [1.29, 1.82) is 0 Å². The molecule has 0 spiro atoms. The second kappa shape index (κ2) is 8.63. The second-order valence-electron chi connectivity index (χ2n) is 5.38. The first kappa shape index (κ1) is 16.6. The molecule has 0 radical (unpaired) electrons. The molecule has 1 aromatic rings. The van der Waals surface area contributed by atoms with Crippen LogP contribution >= 0.6 is 0 Å². The first-order valence-corrected chi connectivity index (χ1v) is 8.11. The summed E-state index contributed by atoms with van der Waals surface area (Å²) < 4.78 is 11.2. The van der Waals surface area contributed by atoms with Crippen LogP contribution < -0.4 is 20.1 Å². The van der Waals surface area contributed by atoms with Crippen molar-refractivity contribution < 1.29 is 14.3 Å². The van der Waals surface area contributed by atoms with Crippen LogP contribution in [0.5, 0.6) is 11.5 Å². The van der Waals surface area contributed by atoms with Crippen LogP contribution in [0, 0.1) is 5.92 Å². The summed E-state index contributed by atoms with van der Waals surface area (Å²) in [5.41, 5.74) is 1.14. The molecule has 1 heterocycles. The summed E-state index contributed by atoms with van der Waals surface area (Å²) in [6, 6.07) is 5.96. The quantitative estimate of drug-likeness (QED) is 0.768. The summed E-state index contributed by atoms with van der Waals surface area (Å²) in [6.07, 6.45) is 1.72. The van der Waals surface area contributed by atoms with Gasteiger partial charge in [0.25, 0.3) is 0 Å². The van der Waals surface area contributed by atoms with Gasteiger partial charge in [0.2, 0.25) is 5.91 Å². The standard InChI is InChI=1S/C17H26N2O3/c1-3-21-15-6-5-13(11-16(15)22-4-2)7-10-19-17(20)14-8-9-18-12-14/h5-6,11,14,18H,3-4,7-10,12H2,1-2H3,(H,19,20). The second-order valence-corrected chi connectivity index (χ2v) is 5.38. The fourth-order valence-corrected chi connectivity index (χ4v) is 2.60. The van der Waals surface area contributed by atoms with Gasteiger partial charge in [-0.2, -0.15) is 0 Å². The molecule has 1 aliphatic heterocycles. The summed E-state index contributed by atoms with van der Waals surface area (Å²) in [5, 5.41) is 6.22. The van der Waals surface area contributed by atoms with E-state index in [0.29, 0.717) is 19.8 Å². The Hall–Kier alpha value is -1.75. The average Bonchev–Trinajstić information content (AvgIpc) is 3.04. The van der Waals surface area contributed by atoms with Crippen LogP contribution in [0.25, 0.3) is 0 Å². The van der Waals surface area contributed by atoms with E-state index in [-0.39, 0.29) is 11.8 Å². The van der Waals surface area contributed by atoms with E-state index >= 15 is 0 Å². The Morgan fingerprint density at radius 1 is 1.27 bits per heavy atom. The Bertz CT molecular complexity index is 485. The molecule has 122 valence electrons. The molecular weight excluding hydrogens is 280 g/mol. The molecule has 5 heteroatoms. The summed E-state index contributed by atoms with van der Waals surface area (Å²) in [5.74, 6) is 1.82. The Balaban J connectivity index is 1.86. The molecule has 2 N–H and O–H groups in total. The fraction of sp³-hybridized carbons (Fsp3) is 0.588. The number of benzene rings is 1. The van der Waals surface area contributed by atoms with Gasteiger partial charge in [0.15, 0.2) is 11.5 Å². The highest BCUT2D eigenvalue weighted by atomic mass is 16.5. The lowest BCUT2D eigenvalue weighted by molar-refractivity contribution is -0.124. The number of nitrogens with one attached hydrogen (secondary N) is 2. The molecule has 1 saturated heterocycles. The molecule has 5 nitrogen and oxygen atoms in total. The van der Waals surface area contributed by atoms with Gasteiger partial charge in [-0.25, -0.2) is 0 Å². The van der Waals surface area contributed by atoms with Crippen molar-refractivity contribution in [2.24, 2.45) is 5.92 Å². The third kappa shape index (κ3) is 4.63. The van der Waals surface area contributed by atoms with Gasteiger partial charge in [-0.1, -0.05) is 6.07 Å². The summed E-state index contributed by atoms with van der Waals surface area (Å²) >= 11 is 0. The van der Waals surface area contributed by atoms with E-state index in [1.165, 1.54) is 0 Å². The first-order valence-electron chi connectivity index (χ1n) is 8.11. The van der Waals surface area contributed by atoms with Crippen LogP contribution in [0.2, 0.25) is 0 Å². The highest BCUT2D eigenvalue weighted by molar-refractivity contribution is 5.79. The molecule has 1 fully saturated rings. The predicted molar refractivity (Wildman–Crippen MR) is 86.5 cm³/mol. The number of carbonyl (C=O) groups is 1. The minimum Gasteiger partial charge on any atom is -0.490 e. The number of ether oxygens (including phenoxy) is 2. The maximum Gasteiger partial charge on any atom is 0.224 e. The van der Waals surface area contributed by atoms with E-state index in [9.17, 15) is 4.79 Å². The number of carbonyl (C=O) groups excluding carboxylic acids is 1. The Labute approximate surface area is 132 Å². The number of rotatable bonds is 8. The minimum atomic E-state index is 0.124. The van der Waals surface area contributed by atoms with Crippen molar-refractivity contribution >= 4 is 5.91 Å². The topological polar surface area (TPSA) is 59.6 Å². The minimum absolute atomic E-state index is 0.124. The van der Waals surface area contributed by atoms with Gasteiger partial charge in [0, 0.05) is 13.1 Å². The van der Waals surface area contributed by atoms with Gasteiger partial charge in [-0.05, 0) is 50.9 Å². The van der Waals surface area contributed by atoms with E-state index in [2.05, 4.69) is 10.6 Å². The van der Waals surface area contributed by atoms with E-state index in [0.717, 1.165) is 43.0 Å². The van der Waals surface area contributed by atoms with Crippen LogP contribution in [0.3, 0.4) is 0 Å². The number of hydrogen-bond donors (Lipinski definition) is 2. The molecule has 1 aliphatic rings. The van der Waals surface area contributed by atoms with Gasteiger partial charge < -0.3 is 20.1 Å². The molecule has 1 atom stereocenters. The van der Waals surface area contributed by atoms with Crippen LogP contribution in [0.1, 0.15) is 25.8 Å². The number of hydrogen-bond acceptors (Lipinski definition) is 4. The summed E-state index contributed by atoms with van der Waals surface area (Å²) in [4.78, 5) is 11.9. The van der Waals surface area contributed by atoms with Gasteiger partial charge in [0.1, 0.15) is 0 Å².